The number of carbonyl (C=O) groups is 1. The highest BCUT2D eigenvalue weighted by Gasteiger charge is 2.15. The molecule has 2 N–H and O–H groups in total. The van der Waals surface area contributed by atoms with Gasteiger partial charge in [0.15, 0.2) is 0 Å². The molecule has 0 saturated heterocycles. The van der Waals surface area contributed by atoms with E-state index >= 15 is 0 Å². The van der Waals surface area contributed by atoms with Crippen LogP contribution in [0.1, 0.15) is 41.6 Å². The molecule has 0 amide bonds. The van der Waals surface area contributed by atoms with Gasteiger partial charge in [-0.3, -0.25) is 4.79 Å². The Hall–Kier alpha value is -2.13. The van der Waals surface area contributed by atoms with Crippen LogP contribution in [0.4, 0.5) is 0 Å². The Labute approximate surface area is 138 Å². The third-order valence-electron chi connectivity index (χ3n) is 3.99. The van der Waals surface area contributed by atoms with Crippen LogP contribution in [-0.4, -0.2) is 12.6 Å². The van der Waals surface area contributed by atoms with Crippen LogP contribution in [0.3, 0.4) is 0 Å². The molecule has 0 aromatic heterocycles. The fraction of sp³-hybridized carbons (Fsp3) is 0.350. The highest BCUT2D eigenvalue weighted by molar-refractivity contribution is 5.73. The van der Waals surface area contributed by atoms with Crippen LogP contribution in [0.2, 0.25) is 0 Å². The third kappa shape index (κ3) is 4.20. The van der Waals surface area contributed by atoms with Gasteiger partial charge in [-0.2, -0.15) is 0 Å². The molecule has 0 fully saturated rings. The van der Waals surface area contributed by atoms with E-state index in [1.54, 1.807) is 6.92 Å². The monoisotopic (exact) mass is 311 g/mol. The van der Waals surface area contributed by atoms with Crippen molar-refractivity contribution in [2.24, 2.45) is 5.73 Å². The molecule has 0 aliphatic heterocycles. The van der Waals surface area contributed by atoms with Gasteiger partial charge < -0.3 is 10.5 Å². The molecule has 0 saturated carbocycles. The molecule has 1 atom stereocenters. The molecule has 0 bridgehead atoms. The maximum atomic E-state index is 11.7. The Morgan fingerprint density at radius 1 is 1.13 bits per heavy atom. The molecule has 0 heterocycles. The Bertz CT molecular complexity index is 687. The molecule has 1 unspecified atom stereocenters. The fourth-order valence-electron chi connectivity index (χ4n) is 2.96. The number of rotatable bonds is 5. The van der Waals surface area contributed by atoms with E-state index in [4.69, 9.17) is 10.5 Å². The minimum atomic E-state index is -0.350. The second-order valence-corrected chi connectivity index (χ2v) is 6.01. The quantitative estimate of drug-likeness (QED) is 0.841. The number of carbonyl (C=O) groups excluding carboxylic acids is 1. The minimum absolute atomic E-state index is 0.198. The van der Waals surface area contributed by atoms with Gasteiger partial charge in [-0.05, 0) is 61.6 Å². The number of esters is 1. The van der Waals surface area contributed by atoms with Crippen LogP contribution < -0.4 is 5.73 Å². The van der Waals surface area contributed by atoms with E-state index in [0.717, 1.165) is 16.7 Å². The topological polar surface area (TPSA) is 52.3 Å². The average molecular weight is 311 g/mol. The highest BCUT2D eigenvalue weighted by atomic mass is 16.5. The second kappa shape index (κ2) is 7.42. The summed E-state index contributed by atoms with van der Waals surface area (Å²) >= 11 is 0. The molecular weight excluding hydrogens is 286 g/mol. The number of benzene rings is 2. The Balaban J connectivity index is 2.38. The van der Waals surface area contributed by atoms with Gasteiger partial charge in [-0.1, -0.05) is 35.9 Å². The van der Waals surface area contributed by atoms with Crippen LogP contribution in [-0.2, 0) is 9.53 Å². The number of nitrogens with two attached hydrogens (primary N) is 1. The molecule has 3 nitrogen and oxygen atoms in total. The van der Waals surface area contributed by atoms with Crippen LogP contribution in [0.5, 0.6) is 0 Å². The molecule has 122 valence electrons. The lowest BCUT2D eigenvalue weighted by Gasteiger charge is -2.16. The Kier molecular flexibility index (Phi) is 5.56. The van der Waals surface area contributed by atoms with E-state index in [1.165, 1.54) is 16.7 Å². The Morgan fingerprint density at radius 2 is 1.78 bits per heavy atom. The van der Waals surface area contributed by atoms with Crippen LogP contribution in [0.15, 0.2) is 36.4 Å². The van der Waals surface area contributed by atoms with E-state index in [9.17, 15) is 4.79 Å². The summed E-state index contributed by atoms with van der Waals surface area (Å²) in [5.74, 6) is -0.255. The van der Waals surface area contributed by atoms with Crippen molar-refractivity contribution in [3.63, 3.8) is 0 Å². The molecule has 0 radical (unpaired) electrons. The number of aryl methyl sites for hydroxylation is 3. The molecule has 3 heteroatoms. The van der Waals surface area contributed by atoms with Gasteiger partial charge >= 0.3 is 5.97 Å². The SMILES string of the molecule is CCOC(=O)CC(N)c1cc(C)cc(-c2c(C)cccc2C)c1. The first-order chi connectivity index (χ1) is 10.9. The largest absolute Gasteiger partial charge is 0.466 e. The van der Waals surface area contributed by atoms with Crippen LogP contribution >= 0.6 is 0 Å². The molecule has 23 heavy (non-hydrogen) atoms. The lowest BCUT2D eigenvalue weighted by Crippen LogP contribution is -2.17. The predicted molar refractivity (Wildman–Crippen MR) is 94.3 cm³/mol. The van der Waals surface area contributed by atoms with E-state index in [-0.39, 0.29) is 18.4 Å². The Morgan fingerprint density at radius 3 is 2.39 bits per heavy atom. The van der Waals surface area contributed by atoms with Crippen molar-refractivity contribution in [1.82, 2.24) is 0 Å². The number of hydrogen-bond acceptors (Lipinski definition) is 3. The smallest absolute Gasteiger partial charge is 0.307 e. The highest BCUT2D eigenvalue weighted by Crippen LogP contribution is 2.30. The van der Waals surface area contributed by atoms with Crippen molar-refractivity contribution >= 4 is 5.97 Å². The van der Waals surface area contributed by atoms with Crippen LogP contribution in [0.25, 0.3) is 11.1 Å². The molecule has 2 rings (SSSR count). The molecule has 0 spiro atoms. The normalized spacial score (nSPS) is 12.0. The lowest BCUT2D eigenvalue weighted by molar-refractivity contribution is -0.143. The molecule has 0 aliphatic carbocycles. The van der Waals surface area contributed by atoms with Crippen molar-refractivity contribution in [2.45, 2.75) is 40.2 Å². The standard InChI is InChI=1S/C20H25NO2/c1-5-23-19(22)12-18(21)16-9-13(2)10-17(11-16)20-14(3)7-6-8-15(20)4/h6-11,18H,5,12,21H2,1-4H3. The van der Waals surface area contributed by atoms with Gasteiger partial charge in [0, 0.05) is 6.04 Å². The molecule has 0 aliphatic rings. The molecular formula is C20H25NO2. The van der Waals surface area contributed by atoms with E-state index < -0.39 is 0 Å². The first-order valence-corrected chi connectivity index (χ1v) is 8.01. The first-order valence-electron chi connectivity index (χ1n) is 8.01. The zero-order chi connectivity index (χ0) is 17.0. The lowest BCUT2D eigenvalue weighted by atomic mass is 9.91. The van der Waals surface area contributed by atoms with Crippen molar-refractivity contribution in [3.05, 3.63) is 58.7 Å². The van der Waals surface area contributed by atoms with Crippen molar-refractivity contribution < 1.29 is 9.53 Å². The maximum Gasteiger partial charge on any atom is 0.307 e. The summed E-state index contributed by atoms with van der Waals surface area (Å²) in [6.45, 7) is 8.46. The summed E-state index contributed by atoms with van der Waals surface area (Å²) in [7, 11) is 0. The summed E-state index contributed by atoms with van der Waals surface area (Å²) in [5.41, 5.74) is 13.2. The van der Waals surface area contributed by atoms with E-state index in [2.05, 4.69) is 51.1 Å². The predicted octanol–water partition coefficient (Wildman–Crippen LogP) is 4.23. The van der Waals surface area contributed by atoms with E-state index in [1.807, 2.05) is 6.07 Å². The number of hydrogen-bond donors (Lipinski definition) is 1. The average Bonchev–Trinajstić information content (AvgIpc) is 2.46. The molecule has 2 aromatic carbocycles. The van der Waals surface area contributed by atoms with Gasteiger partial charge in [-0.15, -0.1) is 0 Å². The van der Waals surface area contributed by atoms with Crippen molar-refractivity contribution in [1.29, 1.82) is 0 Å². The summed E-state index contributed by atoms with van der Waals surface area (Å²) in [6, 6.07) is 12.2. The minimum Gasteiger partial charge on any atom is -0.466 e. The maximum absolute atomic E-state index is 11.7. The second-order valence-electron chi connectivity index (χ2n) is 6.01. The molecule has 2 aromatic rings. The summed E-state index contributed by atoms with van der Waals surface area (Å²) in [6.07, 6.45) is 0.198. The van der Waals surface area contributed by atoms with E-state index in [0.29, 0.717) is 6.61 Å². The number of ether oxygens (including phenoxy) is 1. The zero-order valence-electron chi connectivity index (χ0n) is 14.3. The van der Waals surface area contributed by atoms with Crippen molar-refractivity contribution in [3.8, 4) is 11.1 Å². The van der Waals surface area contributed by atoms with Gasteiger partial charge in [0.05, 0.1) is 13.0 Å². The van der Waals surface area contributed by atoms with Gasteiger partial charge in [-0.25, -0.2) is 0 Å². The van der Waals surface area contributed by atoms with Crippen LogP contribution in [0, 0.1) is 20.8 Å². The van der Waals surface area contributed by atoms with Gasteiger partial charge in [0.2, 0.25) is 0 Å². The zero-order valence-corrected chi connectivity index (χ0v) is 14.3. The summed E-state index contributed by atoms with van der Waals surface area (Å²) in [4.78, 5) is 11.7. The third-order valence-corrected chi connectivity index (χ3v) is 3.99. The van der Waals surface area contributed by atoms with Crippen molar-refractivity contribution in [2.75, 3.05) is 6.61 Å². The first kappa shape index (κ1) is 17.2. The fourth-order valence-corrected chi connectivity index (χ4v) is 2.96. The summed E-state index contributed by atoms with van der Waals surface area (Å²) < 4.78 is 5.00. The summed E-state index contributed by atoms with van der Waals surface area (Å²) in [5, 5.41) is 0. The van der Waals surface area contributed by atoms with Gasteiger partial charge in [0.25, 0.3) is 0 Å². The van der Waals surface area contributed by atoms with Gasteiger partial charge in [0.1, 0.15) is 0 Å².